The summed E-state index contributed by atoms with van der Waals surface area (Å²) in [4.78, 5) is 22.2. The zero-order valence-corrected chi connectivity index (χ0v) is 15.0. The van der Waals surface area contributed by atoms with Crippen LogP contribution in [0.5, 0.6) is 5.75 Å². The van der Waals surface area contributed by atoms with Crippen LogP contribution in [0.4, 0.5) is 5.69 Å². The van der Waals surface area contributed by atoms with Crippen molar-refractivity contribution < 1.29 is 27.3 Å². The molecular weight excluding hydrogens is 386 g/mol. The fourth-order valence-electron chi connectivity index (χ4n) is 2.74. The van der Waals surface area contributed by atoms with E-state index in [4.69, 9.17) is 9.57 Å². The van der Waals surface area contributed by atoms with E-state index in [2.05, 4.69) is 10.1 Å². The highest BCUT2D eigenvalue weighted by Crippen LogP contribution is 2.38. The number of pyridine rings is 1. The molecule has 0 atom stereocenters. The second-order valence-corrected chi connectivity index (χ2v) is 7.25. The summed E-state index contributed by atoms with van der Waals surface area (Å²) in [5, 5.41) is 3.75. The SMILES string of the molecule is O=C1ON=C(c2ccccn2)/C1=C/C=C1Oc2ccccc2N1CS(=O)(=O)O. The largest absolute Gasteiger partial charge is 0.439 e. The monoisotopic (exact) mass is 399 g/mol. The van der Waals surface area contributed by atoms with Crippen molar-refractivity contribution in [2.75, 3.05) is 10.8 Å². The molecule has 2 aliphatic heterocycles. The number of carbonyl (C=O) groups is 1. The molecule has 2 aliphatic rings. The van der Waals surface area contributed by atoms with Gasteiger partial charge in [0.2, 0.25) is 5.88 Å². The zero-order valence-electron chi connectivity index (χ0n) is 14.2. The minimum absolute atomic E-state index is 0.117. The molecule has 142 valence electrons. The third-order valence-corrected chi connectivity index (χ3v) is 4.51. The number of anilines is 1. The number of hydrogen-bond acceptors (Lipinski definition) is 8. The highest BCUT2D eigenvalue weighted by atomic mass is 32.2. The van der Waals surface area contributed by atoms with Crippen molar-refractivity contribution in [3.05, 3.63) is 78.0 Å². The van der Waals surface area contributed by atoms with Gasteiger partial charge in [0, 0.05) is 6.20 Å². The van der Waals surface area contributed by atoms with E-state index in [0.717, 1.165) is 0 Å². The lowest BCUT2D eigenvalue weighted by Crippen LogP contribution is -2.27. The Labute approximate surface area is 159 Å². The summed E-state index contributed by atoms with van der Waals surface area (Å²) < 4.78 is 37.7. The Morgan fingerprint density at radius 2 is 1.89 bits per heavy atom. The van der Waals surface area contributed by atoms with Gasteiger partial charge in [-0.05, 0) is 36.4 Å². The van der Waals surface area contributed by atoms with Crippen LogP contribution in [-0.2, 0) is 19.8 Å². The maximum absolute atomic E-state index is 12.0. The molecule has 0 radical (unpaired) electrons. The van der Waals surface area contributed by atoms with Gasteiger partial charge >= 0.3 is 5.97 Å². The Morgan fingerprint density at radius 1 is 1.11 bits per heavy atom. The van der Waals surface area contributed by atoms with E-state index in [0.29, 0.717) is 17.1 Å². The average molecular weight is 399 g/mol. The topological polar surface area (TPSA) is 118 Å². The molecule has 28 heavy (non-hydrogen) atoms. The maximum atomic E-state index is 12.0. The van der Waals surface area contributed by atoms with E-state index in [1.807, 2.05) is 0 Å². The van der Waals surface area contributed by atoms with Crippen LogP contribution < -0.4 is 9.64 Å². The number of hydrogen-bond donors (Lipinski definition) is 1. The third kappa shape index (κ3) is 3.50. The molecule has 1 N–H and O–H groups in total. The quantitative estimate of drug-likeness (QED) is 0.470. The van der Waals surface area contributed by atoms with Crippen LogP contribution in [0.25, 0.3) is 0 Å². The Balaban J connectivity index is 1.71. The number of carbonyl (C=O) groups excluding carboxylic acids is 1. The van der Waals surface area contributed by atoms with Gasteiger partial charge < -0.3 is 9.57 Å². The van der Waals surface area contributed by atoms with Crippen molar-refractivity contribution in [1.29, 1.82) is 0 Å². The number of oxime groups is 1. The second-order valence-electron chi connectivity index (χ2n) is 5.83. The fourth-order valence-corrected chi connectivity index (χ4v) is 3.34. The van der Waals surface area contributed by atoms with Crippen molar-refractivity contribution in [3.8, 4) is 5.75 Å². The highest BCUT2D eigenvalue weighted by molar-refractivity contribution is 7.85. The molecule has 3 heterocycles. The Bertz CT molecular complexity index is 1140. The Hall–Kier alpha value is -3.50. The summed E-state index contributed by atoms with van der Waals surface area (Å²) in [6.07, 6.45) is 4.37. The molecule has 1 aromatic carbocycles. The summed E-state index contributed by atoms with van der Waals surface area (Å²) in [6.45, 7) is 0. The molecule has 0 aliphatic carbocycles. The number of nitrogens with zero attached hydrogens (tertiary/aromatic N) is 3. The summed E-state index contributed by atoms with van der Waals surface area (Å²) in [6, 6.07) is 11.9. The summed E-state index contributed by atoms with van der Waals surface area (Å²) >= 11 is 0. The smallest absolute Gasteiger partial charge is 0.368 e. The number of allylic oxidation sites excluding steroid dienone is 2. The number of fused-ring (bicyclic) bond motifs is 1. The van der Waals surface area contributed by atoms with Crippen LogP contribution >= 0.6 is 0 Å². The van der Waals surface area contributed by atoms with Gasteiger partial charge in [-0.1, -0.05) is 23.4 Å². The van der Waals surface area contributed by atoms with E-state index >= 15 is 0 Å². The van der Waals surface area contributed by atoms with Crippen molar-refractivity contribution in [2.24, 2.45) is 5.16 Å². The molecule has 0 fully saturated rings. The average Bonchev–Trinajstić information content (AvgIpc) is 3.20. The first kappa shape index (κ1) is 17.9. The van der Waals surface area contributed by atoms with Gasteiger partial charge in [0.05, 0.1) is 17.0 Å². The number of ether oxygens (including phenoxy) is 1. The van der Waals surface area contributed by atoms with E-state index in [1.54, 1.807) is 48.7 Å². The first-order chi connectivity index (χ1) is 13.4. The van der Waals surface area contributed by atoms with Gasteiger partial charge in [0.25, 0.3) is 10.1 Å². The molecule has 0 saturated carbocycles. The predicted octanol–water partition coefficient (Wildman–Crippen LogP) is 1.85. The minimum atomic E-state index is -4.33. The van der Waals surface area contributed by atoms with Crippen molar-refractivity contribution in [1.82, 2.24) is 4.98 Å². The molecule has 0 saturated heterocycles. The first-order valence-electron chi connectivity index (χ1n) is 8.05. The van der Waals surface area contributed by atoms with E-state index in [9.17, 15) is 17.8 Å². The second kappa shape index (κ2) is 6.91. The van der Waals surface area contributed by atoms with Crippen LogP contribution in [0.1, 0.15) is 5.69 Å². The highest BCUT2D eigenvalue weighted by Gasteiger charge is 2.30. The molecule has 0 unspecified atom stereocenters. The van der Waals surface area contributed by atoms with Crippen LogP contribution in [-0.4, -0.2) is 35.5 Å². The first-order valence-corrected chi connectivity index (χ1v) is 9.66. The van der Waals surface area contributed by atoms with Crippen molar-refractivity contribution >= 4 is 27.5 Å². The number of para-hydroxylation sites is 2. The lowest BCUT2D eigenvalue weighted by molar-refractivity contribution is -0.136. The van der Waals surface area contributed by atoms with Crippen LogP contribution in [0.3, 0.4) is 0 Å². The Kier molecular flexibility index (Phi) is 4.41. The maximum Gasteiger partial charge on any atom is 0.368 e. The van der Waals surface area contributed by atoms with Gasteiger partial charge in [-0.2, -0.15) is 8.42 Å². The van der Waals surface area contributed by atoms with E-state index in [-0.39, 0.29) is 17.2 Å². The number of aromatic nitrogens is 1. The van der Waals surface area contributed by atoms with Gasteiger partial charge in [-0.25, -0.2) is 4.79 Å². The van der Waals surface area contributed by atoms with E-state index in [1.165, 1.54) is 17.1 Å². The lowest BCUT2D eigenvalue weighted by atomic mass is 10.1. The van der Waals surface area contributed by atoms with Crippen LogP contribution in [0.15, 0.2) is 77.4 Å². The molecule has 0 amide bonds. The Morgan fingerprint density at radius 3 is 2.64 bits per heavy atom. The minimum Gasteiger partial charge on any atom is -0.439 e. The summed E-state index contributed by atoms with van der Waals surface area (Å²) in [5.41, 5.74) is 1.30. The number of rotatable bonds is 4. The molecule has 2 aromatic rings. The molecule has 0 spiro atoms. The van der Waals surface area contributed by atoms with Crippen molar-refractivity contribution in [3.63, 3.8) is 0 Å². The standard InChI is InChI=1S/C18H13N3O6S/c22-18-12(17(20-27-18)13-5-3-4-10-19-13)8-9-16-21(11-28(23,24)25)14-6-1-2-7-15(14)26-16/h1-10H,11H2,(H,23,24,25)/b12-8-,16-9?. The molecule has 4 rings (SSSR count). The fraction of sp³-hybridized carbons (Fsp3) is 0.0556. The third-order valence-electron chi connectivity index (χ3n) is 3.92. The lowest BCUT2D eigenvalue weighted by Gasteiger charge is -2.15. The summed E-state index contributed by atoms with van der Waals surface area (Å²) in [7, 11) is -4.33. The molecule has 1 aromatic heterocycles. The molecular formula is C18H13N3O6S. The normalized spacial score (nSPS) is 18.8. The van der Waals surface area contributed by atoms with Gasteiger partial charge in [0.15, 0.2) is 11.6 Å². The molecule has 9 nitrogen and oxygen atoms in total. The van der Waals surface area contributed by atoms with Gasteiger partial charge in [-0.3, -0.25) is 14.4 Å². The predicted molar refractivity (Wildman–Crippen MR) is 99.0 cm³/mol. The van der Waals surface area contributed by atoms with Gasteiger partial charge in [0.1, 0.15) is 5.71 Å². The molecule has 10 heteroatoms. The van der Waals surface area contributed by atoms with Crippen LogP contribution in [0.2, 0.25) is 0 Å². The van der Waals surface area contributed by atoms with Gasteiger partial charge in [-0.15, -0.1) is 0 Å². The van der Waals surface area contributed by atoms with E-state index < -0.39 is 22.0 Å². The van der Waals surface area contributed by atoms with Crippen LogP contribution in [0, 0.1) is 0 Å². The zero-order chi connectivity index (χ0) is 19.7. The summed E-state index contributed by atoms with van der Waals surface area (Å²) in [5.74, 6) is -0.839. The van der Waals surface area contributed by atoms with Crippen molar-refractivity contribution in [2.45, 2.75) is 0 Å². The molecule has 0 bridgehead atoms. The number of benzene rings is 1.